The number of nitriles is 1. The molecular weight excluding hydrogens is 558 g/mol. The maximum atomic E-state index is 10.5. The van der Waals surface area contributed by atoms with Crippen LogP contribution in [0.1, 0.15) is 5.56 Å². The lowest BCUT2D eigenvalue weighted by molar-refractivity contribution is 1.17. The summed E-state index contributed by atoms with van der Waals surface area (Å²) >= 11 is 0. The molecule has 0 aliphatic rings. The van der Waals surface area contributed by atoms with Crippen molar-refractivity contribution in [1.29, 1.82) is 5.26 Å². The second-order valence-electron chi connectivity index (χ2n) is 11.7. The molecule has 3 heteroatoms. The first-order valence-electron chi connectivity index (χ1n) is 15.5. The van der Waals surface area contributed by atoms with Crippen molar-refractivity contribution in [3.8, 4) is 39.7 Å². The first-order valence-corrected chi connectivity index (χ1v) is 15.5. The first-order chi connectivity index (χ1) is 22.8. The summed E-state index contributed by atoms with van der Waals surface area (Å²) in [7, 11) is 0. The fourth-order valence-electron chi connectivity index (χ4n) is 7.11. The van der Waals surface area contributed by atoms with E-state index in [9.17, 15) is 5.26 Å². The van der Waals surface area contributed by atoms with Crippen LogP contribution in [0, 0.1) is 11.3 Å². The highest BCUT2D eigenvalue weighted by Gasteiger charge is 2.22. The zero-order chi connectivity index (χ0) is 30.6. The minimum atomic E-state index is 0.634. The third-order valence-electron chi connectivity index (χ3n) is 9.15. The lowest BCUT2D eigenvalue weighted by Gasteiger charge is -2.14. The summed E-state index contributed by atoms with van der Waals surface area (Å²) in [4.78, 5) is 0. The summed E-state index contributed by atoms with van der Waals surface area (Å²) in [6.45, 7) is 0. The van der Waals surface area contributed by atoms with Gasteiger partial charge in [-0.3, -0.25) is 0 Å². The van der Waals surface area contributed by atoms with Crippen molar-refractivity contribution < 1.29 is 0 Å². The fourth-order valence-corrected chi connectivity index (χ4v) is 7.11. The number of fused-ring (bicyclic) bond motifs is 7. The van der Waals surface area contributed by atoms with Crippen LogP contribution in [0.15, 0.2) is 164 Å². The summed E-state index contributed by atoms with van der Waals surface area (Å²) in [5.41, 5.74) is 11.6. The molecule has 0 spiro atoms. The average molecular weight is 586 g/mol. The quantitative estimate of drug-likeness (QED) is 0.202. The Morgan fingerprint density at radius 1 is 0.413 bits per heavy atom. The third-order valence-corrected chi connectivity index (χ3v) is 9.15. The second-order valence-corrected chi connectivity index (χ2v) is 11.7. The Balaban J connectivity index is 1.38. The molecular formula is C43H27N3. The zero-order valence-electron chi connectivity index (χ0n) is 24.9. The van der Waals surface area contributed by atoms with Gasteiger partial charge in [0.2, 0.25) is 0 Å². The van der Waals surface area contributed by atoms with E-state index in [1.165, 1.54) is 21.7 Å². The third kappa shape index (κ3) is 3.91. The molecule has 0 saturated heterocycles. The zero-order valence-corrected chi connectivity index (χ0v) is 24.9. The maximum Gasteiger partial charge on any atom is 0.101 e. The molecule has 0 saturated carbocycles. The standard InChI is InChI=1S/C43H27N3/c44-28-33-23-22-32(31-15-11-14-30(26-31)29-12-3-1-4-13-29)27-41(33)46-38-20-9-7-18-35(38)36-24-25-40-42(43(36)46)37-19-8-10-21-39(37)45(40)34-16-5-2-6-17-34/h1-27H. The van der Waals surface area contributed by atoms with Gasteiger partial charge in [-0.25, -0.2) is 0 Å². The lowest BCUT2D eigenvalue weighted by atomic mass is 9.97. The molecule has 9 aromatic rings. The minimum Gasteiger partial charge on any atom is -0.309 e. The average Bonchev–Trinajstić information content (AvgIpc) is 3.65. The molecule has 7 aromatic carbocycles. The Morgan fingerprint density at radius 3 is 1.78 bits per heavy atom. The molecule has 0 amide bonds. The van der Waals surface area contributed by atoms with Gasteiger partial charge in [0.05, 0.1) is 33.3 Å². The SMILES string of the molecule is N#Cc1ccc(-c2cccc(-c3ccccc3)c2)cc1-n1c2ccccc2c2ccc3c(c4ccccc4n3-c3ccccc3)c21. The van der Waals surface area contributed by atoms with Gasteiger partial charge in [0.1, 0.15) is 6.07 Å². The van der Waals surface area contributed by atoms with Crippen LogP contribution in [-0.2, 0) is 0 Å². The van der Waals surface area contributed by atoms with Crippen LogP contribution in [0.25, 0.3) is 77.2 Å². The van der Waals surface area contributed by atoms with Crippen LogP contribution in [0.3, 0.4) is 0 Å². The van der Waals surface area contributed by atoms with E-state index in [1.807, 2.05) is 12.1 Å². The van der Waals surface area contributed by atoms with Crippen LogP contribution in [0.2, 0.25) is 0 Å². The van der Waals surface area contributed by atoms with Crippen LogP contribution in [-0.4, -0.2) is 9.13 Å². The van der Waals surface area contributed by atoms with E-state index < -0.39 is 0 Å². The van der Waals surface area contributed by atoms with Crippen molar-refractivity contribution in [1.82, 2.24) is 9.13 Å². The van der Waals surface area contributed by atoms with E-state index in [-0.39, 0.29) is 0 Å². The largest absolute Gasteiger partial charge is 0.309 e. The summed E-state index contributed by atoms with van der Waals surface area (Å²) in [6.07, 6.45) is 0. The monoisotopic (exact) mass is 585 g/mol. The minimum absolute atomic E-state index is 0.634. The van der Waals surface area contributed by atoms with Gasteiger partial charge in [0, 0.05) is 27.2 Å². The number of nitrogens with zero attached hydrogens (tertiary/aromatic N) is 3. The van der Waals surface area contributed by atoms with E-state index in [0.29, 0.717) is 5.56 Å². The summed E-state index contributed by atoms with van der Waals surface area (Å²) in [6, 6.07) is 60.0. The molecule has 214 valence electrons. The van der Waals surface area contributed by atoms with Crippen molar-refractivity contribution in [3.63, 3.8) is 0 Å². The Morgan fingerprint density at radius 2 is 1.02 bits per heavy atom. The van der Waals surface area contributed by atoms with Gasteiger partial charge in [-0.05, 0) is 70.8 Å². The predicted molar refractivity (Wildman–Crippen MR) is 191 cm³/mol. The Labute approximate surface area is 266 Å². The molecule has 0 unspecified atom stereocenters. The van der Waals surface area contributed by atoms with Gasteiger partial charge in [0.15, 0.2) is 0 Å². The van der Waals surface area contributed by atoms with E-state index in [2.05, 4.69) is 167 Å². The van der Waals surface area contributed by atoms with Crippen LogP contribution in [0.4, 0.5) is 0 Å². The van der Waals surface area contributed by atoms with Gasteiger partial charge in [-0.2, -0.15) is 5.26 Å². The molecule has 9 rings (SSSR count). The molecule has 0 aliphatic heterocycles. The Bertz CT molecular complexity index is 2630. The van der Waals surface area contributed by atoms with Crippen LogP contribution in [0.5, 0.6) is 0 Å². The number of rotatable bonds is 4. The van der Waals surface area contributed by atoms with E-state index in [0.717, 1.165) is 55.5 Å². The van der Waals surface area contributed by atoms with E-state index in [1.54, 1.807) is 0 Å². The van der Waals surface area contributed by atoms with Crippen molar-refractivity contribution in [2.75, 3.05) is 0 Å². The smallest absolute Gasteiger partial charge is 0.101 e. The summed E-state index contributed by atoms with van der Waals surface area (Å²) < 4.78 is 4.67. The molecule has 0 bridgehead atoms. The number of para-hydroxylation sites is 3. The van der Waals surface area contributed by atoms with Crippen molar-refractivity contribution in [2.24, 2.45) is 0 Å². The van der Waals surface area contributed by atoms with Gasteiger partial charge in [0.25, 0.3) is 0 Å². The summed E-state index contributed by atoms with van der Waals surface area (Å²) in [5, 5.41) is 15.2. The molecule has 0 fully saturated rings. The number of benzene rings is 7. The molecule has 2 heterocycles. The van der Waals surface area contributed by atoms with E-state index >= 15 is 0 Å². The predicted octanol–water partition coefficient (Wildman–Crippen LogP) is 11.1. The molecule has 0 atom stereocenters. The van der Waals surface area contributed by atoms with Crippen molar-refractivity contribution in [3.05, 3.63) is 169 Å². The molecule has 0 radical (unpaired) electrons. The second kappa shape index (κ2) is 10.4. The normalized spacial score (nSPS) is 11.5. The Hall–Kier alpha value is -6.37. The molecule has 46 heavy (non-hydrogen) atoms. The van der Waals surface area contributed by atoms with Gasteiger partial charge in [-0.1, -0.05) is 115 Å². The molecule has 0 aliphatic carbocycles. The van der Waals surface area contributed by atoms with Crippen LogP contribution >= 0.6 is 0 Å². The Kier molecular flexibility index (Phi) is 5.88. The van der Waals surface area contributed by atoms with Crippen molar-refractivity contribution in [2.45, 2.75) is 0 Å². The van der Waals surface area contributed by atoms with Crippen molar-refractivity contribution >= 4 is 43.6 Å². The van der Waals surface area contributed by atoms with E-state index in [4.69, 9.17) is 0 Å². The number of aromatic nitrogens is 2. The topological polar surface area (TPSA) is 33.6 Å². The maximum absolute atomic E-state index is 10.5. The van der Waals surface area contributed by atoms with Crippen LogP contribution < -0.4 is 0 Å². The highest BCUT2D eigenvalue weighted by atomic mass is 15.0. The summed E-state index contributed by atoms with van der Waals surface area (Å²) in [5.74, 6) is 0. The number of hydrogen-bond acceptors (Lipinski definition) is 1. The lowest BCUT2D eigenvalue weighted by Crippen LogP contribution is -1.99. The highest BCUT2D eigenvalue weighted by Crippen LogP contribution is 2.42. The number of hydrogen-bond donors (Lipinski definition) is 0. The van der Waals surface area contributed by atoms with Gasteiger partial charge < -0.3 is 9.13 Å². The fraction of sp³-hybridized carbons (Fsp3) is 0. The van der Waals surface area contributed by atoms with Gasteiger partial charge in [-0.15, -0.1) is 0 Å². The highest BCUT2D eigenvalue weighted by molar-refractivity contribution is 6.26. The molecule has 2 aromatic heterocycles. The van der Waals surface area contributed by atoms with Gasteiger partial charge >= 0.3 is 0 Å². The molecule has 0 N–H and O–H groups in total. The molecule has 3 nitrogen and oxygen atoms in total. The first kappa shape index (κ1) is 26.1.